The number of nitrogens with zero attached hydrogens (tertiary/aromatic N) is 2. The second-order valence-electron chi connectivity index (χ2n) is 5.60. The lowest BCUT2D eigenvalue weighted by atomic mass is 10.2. The molecule has 0 aliphatic rings. The summed E-state index contributed by atoms with van der Waals surface area (Å²) in [5.74, 6) is -1.36. The maximum absolute atomic E-state index is 11.8. The third kappa shape index (κ3) is 4.62. The summed E-state index contributed by atoms with van der Waals surface area (Å²) in [5.41, 5.74) is 2.02. The van der Waals surface area contributed by atoms with Crippen molar-refractivity contribution in [1.82, 2.24) is 15.2 Å². The van der Waals surface area contributed by atoms with E-state index in [1.54, 1.807) is 11.3 Å². The predicted octanol–water partition coefficient (Wildman–Crippen LogP) is 2.31. The van der Waals surface area contributed by atoms with Crippen molar-refractivity contribution in [2.75, 3.05) is 20.1 Å². The second-order valence-corrected chi connectivity index (χ2v) is 6.63. The molecule has 1 atom stereocenters. The van der Waals surface area contributed by atoms with Gasteiger partial charge in [0.15, 0.2) is 0 Å². The Morgan fingerprint density at radius 1 is 1.33 bits per heavy atom. The van der Waals surface area contributed by atoms with Crippen molar-refractivity contribution < 1.29 is 14.7 Å². The summed E-state index contributed by atoms with van der Waals surface area (Å²) in [5, 5.41) is 11.9. The van der Waals surface area contributed by atoms with Gasteiger partial charge in [0, 0.05) is 16.5 Å². The molecule has 2 rings (SSSR count). The molecule has 24 heavy (non-hydrogen) atoms. The van der Waals surface area contributed by atoms with E-state index in [1.165, 1.54) is 0 Å². The topological polar surface area (TPSA) is 82.5 Å². The summed E-state index contributed by atoms with van der Waals surface area (Å²) < 4.78 is 0. The average molecular weight is 347 g/mol. The van der Waals surface area contributed by atoms with Crippen molar-refractivity contribution in [1.29, 1.82) is 0 Å². The molecule has 1 unspecified atom stereocenters. The lowest BCUT2D eigenvalue weighted by molar-refractivity contribution is -0.138. The Kier molecular flexibility index (Phi) is 6.05. The van der Waals surface area contributed by atoms with E-state index in [2.05, 4.69) is 10.3 Å². The van der Waals surface area contributed by atoms with Gasteiger partial charge >= 0.3 is 5.97 Å². The molecule has 6 nitrogen and oxygen atoms in total. The van der Waals surface area contributed by atoms with Crippen LogP contribution in [0.3, 0.4) is 0 Å². The first-order chi connectivity index (χ1) is 11.4. The summed E-state index contributed by atoms with van der Waals surface area (Å²) in [6.45, 7) is 3.75. The van der Waals surface area contributed by atoms with Crippen LogP contribution in [0.4, 0.5) is 0 Å². The molecule has 128 valence electrons. The molecule has 2 aromatic rings. The predicted molar refractivity (Wildman–Crippen MR) is 94.0 cm³/mol. The number of hydrogen-bond acceptors (Lipinski definition) is 5. The molecule has 0 bridgehead atoms. The highest BCUT2D eigenvalue weighted by atomic mass is 32.1. The van der Waals surface area contributed by atoms with Gasteiger partial charge in [-0.05, 0) is 20.9 Å². The fourth-order valence-electron chi connectivity index (χ4n) is 2.29. The van der Waals surface area contributed by atoms with Gasteiger partial charge in [-0.15, -0.1) is 11.3 Å². The van der Waals surface area contributed by atoms with E-state index in [0.29, 0.717) is 0 Å². The zero-order valence-corrected chi connectivity index (χ0v) is 14.8. The molecule has 2 N–H and O–H groups in total. The normalized spacial score (nSPS) is 12.2. The summed E-state index contributed by atoms with van der Waals surface area (Å²) in [6.07, 6.45) is 0. The highest BCUT2D eigenvalue weighted by molar-refractivity contribution is 7.15. The molecule has 0 aliphatic heterocycles. The largest absolute Gasteiger partial charge is 0.480 e. The number of aryl methyl sites for hydroxylation is 1. The van der Waals surface area contributed by atoms with Crippen LogP contribution in [0.2, 0.25) is 0 Å². The number of thiazole rings is 1. The van der Waals surface area contributed by atoms with Crippen molar-refractivity contribution >= 4 is 23.2 Å². The van der Waals surface area contributed by atoms with Gasteiger partial charge in [0.2, 0.25) is 5.91 Å². The van der Waals surface area contributed by atoms with Crippen molar-refractivity contribution in [3.63, 3.8) is 0 Å². The van der Waals surface area contributed by atoms with Crippen molar-refractivity contribution in [3.8, 4) is 10.6 Å². The fourth-order valence-corrected chi connectivity index (χ4v) is 3.48. The number of hydrogen-bond donors (Lipinski definition) is 2. The summed E-state index contributed by atoms with van der Waals surface area (Å²) >= 11 is 1.62. The molecule has 1 heterocycles. The van der Waals surface area contributed by atoms with Gasteiger partial charge in [-0.2, -0.15) is 0 Å². The number of aliphatic carboxylic acids is 1. The van der Waals surface area contributed by atoms with Crippen LogP contribution >= 0.6 is 11.3 Å². The maximum Gasteiger partial charge on any atom is 0.322 e. The monoisotopic (exact) mass is 347 g/mol. The number of rotatable bonds is 7. The zero-order valence-electron chi connectivity index (χ0n) is 13.9. The van der Waals surface area contributed by atoms with Crippen LogP contribution in [0.25, 0.3) is 10.6 Å². The van der Waals surface area contributed by atoms with Gasteiger partial charge < -0.3 is 10.4 Å². The number of aromatic nitrogens is 1. The maximum atomic E-state index is 11.8. The Hall–Kier alpha value is -2.25. The first-order valence-corrected chi connectivity index (χ1v) is 8.41. The number of carbonyl (C=O) groups excluding carboxylic acids is 1. The van der Waals surface area contributed by atoms with Crippen LogP contribution in [0.1, 0.15) is 23.5 Å². The molecule has 1 amide bonds. The summed E-state index contributed by atoms with van der Waals surface area (Å²) in [4.78, 5) is 29.9. The lowest BCUT2D eigenvalue weighted by Gasteiger charge is -2.23. The number of carbonyl (C=O) groups is 2. The molecule has 7 heteroatoms. The third-order valence-corrected chi connectivity index (χ3v) is 5.10. The van der Waals surface area contributed by atoms with Crippen LogP contribution in [0.5, 0.6) is 0 Å². The van der Waals surface area contributed by atoms with Gasteiger partial charge in [-0.25, -0.2) is 4.98 Å². The van der Waals surface area contributed by atoms with Crippen LogP contribution < -0.4 is 5.32 Å². The van der Waals surface area contributed by atoms with Crippen LogP contribution in [0, 0.1) is 6.92 Å². The van der Waals surface area contributed by atoms with Crippen LogP contribution in [-0.2, 0) is 9.59 Å². The zero-order chi connectivity index (χ0) is 17.7. The van der Waals surface area contributed by atoms with E-state index in [1.807, 2.05) is 56.1 Å². The minimum Gasteiger partial charge on any atom is -0.480 e. The van der Waals surface area contributed by atoms with E-state index in [9.17, 15) is 9.59 Å². The van der Waals surface area contributed by atoms with Crippen molar-refractivity contribution in [2.45, 2.75) is 19.9 Å². The van der Waals surface area contributed by atoms with Crippen LogP contribution in [0.15, 0.2) is 30.3 Å². The Balaban J connectivity index is 2.06. The third-order valence-electron chi connectivity index (χ3n) is 3.72. The molecular weight excluding hydrogens is 326 g/mol. The van der Waals surface area contributed by atoms with E-state index in [0.717, 1.165) is 21.1 Å². The Morgan fingerprint density at radius 3 is 2.62 bits per heavy atom. The van der Waals surface area contributed by atoms with E-state index >= 15 is 0 Å². The van der Waals surface area contributed by atoms with Crippen LogP contribution in [-0.4, -0.2) is 47.0 Å². The van der Waals surface area contributed by atoms with Gasteiger partial charge in [-0.3, -0.25) is 14.5 Å². The number of likely N-dealkylation sites (N-methyl/N-ethyl adjacent to an activating group) is 1. The standard InChI is InChI=1S/C17H21N3O3S/c1-11-16(24-17(19-11)13-7-5-4-6-8-13)12(2)20(3)10-14(21)18-9-15(22)23/h4-8,12H,9-10H2,1-3H3,(H,18,21)(H,22,23). The molecular formula is C17H21N3O3S. The Bertz CT molecular complexity index is 715. The molecule has 0 aliphatic carbocycles. The smallest absolute Gasteiger partial charge is 0.322 e. The first kappa shape index (κ1) is 18.1. The quantitative estimate of drug-likeness (QED) is 0.803. The average Bonchev–Trinajstić information content (AvgIpc) is 2.95. The SMILES string of the molecule is Cc1nc(-c2ccccc2)sc1C(C)N(C)CC(=O)NCC(=O)O. The second kappa shape index (κ2) is 8.03. The van der Waals surface area contributed by atoms with Crippen molar-refractivity contribution in [3.05, 3.63) is 40.9 Å². The lowest BCUT2D eigenvalue weighted by Crippen LogP contribution is -2.38. The molecule has 0 saturated carbocycles. The Morgan fingerprint density at radius 2 is 2.00 bits per heavy atom. The number of carboxylic acids is 1. The summed E-state index contributed by atoms with van der Waals surface area (Å²) in [7, 11) is 1.84. The minimum atomic E-state index is -1.05. The molecule has 0 radical (unpaired) electrons. The number of carboxylic acid groups (broad SMARTS) is 1. The molecule has 0 spiro atoms. The number of amides is 1. The molecule has 1 aromatic heterocycles. The van der Waals surface area contributed by atoms with E-state index < -0.39 is 5.97 Å². The van der Waals surface area contributed by atoms with Gasteiger partial charge in [0.1, 0.15) is 11.6 Å². The fraction of sp³-hybridized carbons (Fsp3) is 0.353. The van der Waals surface area contributed by atoms with Gasteiger partial charge in [-0.1, -0.05) is 30.3 Å². The minimum absolute atomic E-state index is 0.00976. The van der Waals surface area contributed by atoms with E-state index in [-0.39, 0.29) is 25.0 Å². The summed E-state index contributed by atoms with van der Waals surface area (Å²) in [6, 6.07) is 9.99. The Labute approximate surface area is 145 Å². The highest BCUT2D eigenvalue weighted by Crippen LogP contribution is 2.33. The molecule has 0 fully saturated rings. The van der Waals surface area contributed by atoms with Crippen molar-refractivity contribution in [2.24, 2.45) is 0 Å². The van der Waals surface area contributed by atoms with Gasteiger partial charge in [0.05, 0.1) is 12.2 Å². The van der Waals surface area contributed by atoms with E-state index in [4.69, 9.17) is 5.11 Å². The van der Waals surface area contributed by atoms with Gasteiger partial charge in [0.25, 0.3) is 0 Å². The highest BCUT2D eigenvalue weighted by Gasteiger charge is 2.20. The molecule has 0 saturated heterocycles. The molecule has 1 aromatic carbocycles. The first-order valence-electron chi connectivity index (χ1n) is 7.60. The number of nitrogens with one attached hydrogen (secondary N) is 1. The number of benzene rings is 1.